The smallest absolute Gasteiger partial charge is 0.232 e. The van der Waals surface area contributed by atoms with Crippen molar-refractivity contribution in [3.8, 4) is 17.1 Å². The Morgan fingerprint density at radius 2 is 1.76 bits per heavy atom. The summed E-state index contributed by atoms with van der Waals surface area (Å²) in [5.74, 6) is 1.85. The Bertz CT molecular complexity index is 707. The first-order valence-electron chi connectivity index (χ1n) is 6.68. The van der Waals surface area contributed by atoms with Crippen molar-refractivity contribution in [1.29, 1.82) is 0 Å². The van der Waals surface area contributed by atoms with E-state index in [-0.39, 0.29) is 13.2 Å². The number of benzene rings is 2. The first-order chi connectivity index (χ1) is 10.4. The zero-order chi connectivity index (χ0) is 14.5. The van der Waals surface area contributed by atoms with Crippen molar-refractivity contribution in [2.24, 2.45) is 0 Å². The predicted octanol–water partition coefficient (Wildman–Crippen LogP) is 3.41. The second kappa shape index (κ2) is 6.24. The molecule has 106 valence electrons. The van der Waals surface area contributed by atoms with E-state index < -0.39 is 0 Å². The van der Waals surface area contributed by atoms with Gasteiger partial charge < -0.3 is 14.3 Å². The summed E-state index contributed by atoms with van der Waals surface area (Å²) in [6.07, 6.45) is 1.69. The molecule has 0 saturated carbocycles. The van der Waals surface area contributed by atoms with E-state index in [9.17, 15) is 5.11 Å². The van der Waals surface area contributed by atoms with Crippen molar-refractivity contribution >= 4 is 0 Å². The van der Waals surface area contributed by atoms with Crippen LogP contribution in [0.5, 0.6) is 5.75 Å². The highest BCUT2D eigenvalue weighted by Crippen LogP contribution is 2.22. The van der Waals surface area contributed by atoms with E-state index in [0.29, 0.717) is 17.4 Å². The maximum atomic E-state index is 9.25. The molecule has 1 N–H and O–H groups in total. The zero-order valence-electron chi connectivity index (χ0n) is 11.4. The molecule has 4 heteroatoms. The first-order valence-corrected chi connectivity index (χ1v) is 6.68. The molecule has 1 heterocycles. The number of hydrogen-bond donors (Lipinski definition) is 1. The molecular weight excluding hydrogens is 266 g/mol. The summed E-state index contributed by atoms with van der Waals surface area (Å²) in [6.45, 7) is 0.168. The second-order valence-corrected chi connectivity index (χ2v) is 4.54. The molecule has 4 nitrogen and oxygen atoms in total. The maximum Gasteiger partial charge on any atom is 0.232 e. The highest BCUT2D eigenvalue weighted by atomic mass is 16.5. The minimum Gasteiger partial charge on any atom is -0.483 e. The van der Waals surface area contributed by atoms with Gasteiger partial charge in [0, 0.05) is 11.1 Å². The van der Waals surface area contributed by atoms with Crippen molar-refractivity contribution in [3.05, 3.63) is 72.2 Å². The molecule has 21 heavy (non-hydrogen) atoms. The topological polar surface area (TPSA) is 55.5 Å². The minimum atomic E-state index is -0.0585. The van der Waals surface area contributed by atoms with E-state index >= 15 is 0 Å². The Kier molecular flexibility index (Phi) is 3.98. The fourth-order valence-corrected chi connectivity index (χ4v) is 2.03. The van der Waals surface area contributed by atoms with Crippen molar-refractivity contribution in [2.45, 2.75) is 13.2 Å². The Hall–Kier alpha value is -2.59. The fourth-order valence-electron chi connectivity index (χ4n) is 2.03. The molecule has 3 rings (SSSR count). The molecular formula is C17H15NO3. The third-order valence-corrected chi connectivity index (χ3v) is 3.11. The van der Waals surface area contributed by atoms with E-state index in [0.717, 1.165) is 11.1 Å². The lowest BCUT2D eigenvalue weighted by atomic mass is 10.2. The molecule has 2 aromatic carbocycles. The average Bonchev–Trinajstić information content (AvgIpc) is 3.03. The SMILES string of the molecule is OCc1ccccc1OCc1ncc(-c2ccccc2)o1. The Labute approximate surface area is 122 Å². The molecule has 0 aliphatic carbocycles. The highest BCUT2D eigenvalue weighted by molar-refractivity contribution is 5.55. The van der Waals surface area contributed by atoms with Gasteiger partial charge in [0.2, 0.25) is 5.89 Å². The van der Waals surface area contributed by atoms with Gasteiger partial charge in [-0.3, -0.25) is 0 Å². The first kappa shape index (κ1) is 13.4. The van der Waals surface area contributed by atoms with Crippen LogP contribution < -0.4 is 4.74 Å². The summed E-state index contributed by atoms with van der Waals surface area (Å²) in [4.78, 5) is 4.21. The van der Waals surface area contributed by atoms with Crippen molar-refractivity contribution in [3.63, 3.8) is 0 Å². The summed E-state index contributed by atoms with van der Waals surface area (Å²) < 4.78 is 11.3. The Morgan fingerprint density at radius 1 is 1.00 bits per heavy atom. The van der Waals surface area contributed by atoms with Crippen LogP contribution in [0.15, 0.2) is 65.2 Å². The maximum absolute atomic E-state index is 9.25. The Balaban J connectivity index is 1.71. The van der Waals surface area contributed by atoms with Gasteiger partial charge in [-0.2, -0.15) is 0 Å². The van der Waals surface area contributed by atoms with Gasteiger partial charge >= 0.3 is 0 Å². The van der Waals surface area contributed by atoms with Gasteiger partial charge in [0.05, 0.1) is 12.8 Å². The number of rotatable bonds is 5. The second-order valence-electron chi connectivity index (χ2n) is 4.54. The molecule has 0 aliphatic rings. The van der Waals surface area contributed by atoms with Gasteiger partial charge in [0.1, 0.15) is 5.75 Å². The molecule has 0 unspecified atom stereocenters. The molecule has 0 atom stereocenters. The predicted molar refractivity (Wildman–Crippen MR) is 78.6 cm³/mol. The lowest BCUT2D eigenvalue weighted by molar-refractivity contribution is 0.242. The number of aromatic nitrogens is 1. The van der Waals surface area contributed by atoms with Crippen LogP contribution in [-0.4, -0.2) is 10.1 Å². The van der Waals surface area contributed by atoms with Crippen molar-refractivity contribution in [1.82, 2.24) is 4.98 Å². The summed E-state index contributed by atoms with van der Waals surface area (Å²) in [7, 11) is 0. The summed E-state index contributed by atoms with van der Waals surface area (Å²) in [5.41, 5.74) is 1.72. The number of nitrogens with zero attached hydrogens (tertiary/aromatic N) is 1. The molecule has 0 amide bonds. The summed E-state index contributed by atoms with van der Waals surface area (Å²) in [6, 6.07) is 17.1. The van der Waals surface area contributed by atoms with Gasteiger partial charge in [0.15, 0.2) is 12.4 Å². The van der Waals surface area contributed by atoms with E-state index in [1.54, 1.807) is 6.20 Å². The van der Waals surface area contributed by atoms with E-state index in [1.165, 1.54) is 0 Å². The molecule has 1 aromatic heterocycles. The van der Waals surface area contributed by atoms with Crippen LogP contribution in [0, 0.1) is 0 Å². The average molecular weight is 281 g/mol. The monoisotopic (exact) mass is 281 g/mol. The quantitative estimate of drug-likeness (QED) is 0.778. The van der Waals surface area contributed by atoms with E-state index in [4.69, 9.17) is 9.15 Å². The van der Waals surface area contributed by atoms with Crippen molar-refractivity contribution < 1.29 is 14.3 Å². The molecule has 0 bridgehead atoms. The highest BCUT2D eigenvalue weighted by Gasteiger charge is 2.08. The number of ether oxygens (including phenoxy) is 1. The minimum absolute atomic E-state index is 0.0585. The van der Waals surface area contributed by atoms with Gasteiger partial charge in [0.25, 0.3) is 0 Å². The fraction of sp³-hybridized carbons (Fsp3) is 0.118. The van der Waals surface area contributed by atoms with Gasteiger partial charge in [-0.15, -0.1) is 0 Å². The number of para-hydroxylation sites is 1. The number of oxazole rings is 1. The lowest BCUT2D eigenvalue weighted by Crippen LogP contribution is -1.98. The third kappa shape index (κ3) is 3.12. The van der Waals surface area contributed by atoms with Crippen LogP contribution in [0.4, 0.5) is 0 Å². The lowest BCUT2D eigenvalue weighted by Gasteiger charge is -2.07. The van der Waals surface area contributed by atoms with Gasteiger partial charge in [-0.25, -0.2) is 4.98 Å². The van der Waals surface area contributed by atoms with Crippen molar-refractivity contribution in [2.75, 3.05) is 0 Å². The standard InChI is InChI=1S/C17H15NO3/c19-11-14-8-4-5-9-15(14)20-12-17-18-10-16(21-17)13-6-2-1-3-7-13/h1-10,19H,11-12H2. The third-order valence-electron chi connectivity index (χ3n) is 3.11. The van der Waals surface area contributed by atoms with E-state index in [1.807, 2.05) is 54.6 Å². The van der Waals surface area contributed by atoms with Crippen LogP contribution in [0.2, 0.25) is 0 Å². The largest absolute Gasteiger partial charge is 0.483 e. The number of aliphatic hydroxyl groups is 1. The van der Waals surface area contributed by atoms with Crippen LogP contribution >= 0.6 is 0 Å². The molecule has 3 aromatic rings. The molecule has 0 aliphatic heterocycles. The van der Waals surface area contributed by atoms with Crippen LogP contribution in [0.1, 0.15) is 11.5 Å². The molecule has 0 saturated heterocycles. The van der Waals surface area contributed by atoms with E-state index in [2.05, 4.69) is 4.98 Å². The Morgan fingerprint density at radius 3 is 2.57 bits per heavy atom. The van der Waals surface area contributed by atoms with Crippen LogP contribution in [0.3, 0.4) is 0 Å². The summed E-state index contributed by atoms with van der Waals surface area (Å²) in [5, 5.41) is 9.25. The number of aliphatic hydroxyl groups excluding tert-OH is 1. The zero-order valence-corrected chi connectivity index (χ0v) is 11.4. The van der Waals surface area contributed by atoms with Gasteiger partial charge in [-0.1, -0.05) is 48.5 Å². The van der Waals surface area contributed by atoms with Gasteiger partial charge in [-0.05, 0) is 6.07 Å². The number of hydrogen-bond acceptors (Lipinski definition) is 4. The molecule has 0 radical (unpaired) electrons. The van der Waals surface area contributed by atoms with Crippen LogP contribution in [0.25, 0.3) is 11.3 Å². The molecule has 0 fully saturated rings. The molecule has 0 spiro atoms. The summed E-state index contributed by atoms with van der Waals surface area (Å²) >= 11 is 0. The normalized spacial score (nSPS) is 10.5. The van der Waals surface area contributed by atoms with Crippen LogP contribution in [-0.2, 0) is 13.2 Å².